The van der Waals surface area contributed by atoms with E-state index in [-0.39, 0.29) is 36.6 Å². The third-order valence-corrected chi connectivity index (χ3v) is 5.04. The van der Waals surface area contributed by atoms with Gasteiger partial charge in [-0.2, -0.15) is 5.10 Å². The van der Waals surface area contributed by atoms with Gasteiger partial charge in [0.15, 0.2) is 0 Å². The zero-order valence-corrected chi connectivity index (χ0v) is 17.5. The molecular weight excluding hydrogens is 404 g/mol. The number of aromatic nitrogens is 2. The number of carbonyl (C=O) groups is 1. The Morgan fingerprint density at radius 2 is 2.10 bits per heavy atom. The average molecular weight is 428 g/mol. The molecule has 164 valence electrons. The number of hydrogen-bond donors (Lipinski definition) is 2. The Hall–Kier alpha value is -3.82. The van der Waals surface area contributed by atoms with E-state index in [1.807, 2.05) is 0 Å². The van der Waals surface area contributed by atoms with E-state index >= 15 is 0 Å². The van der Waals surface area contributed by atoms with Crippen molar-refractivity contribution in [2.45, 2.75) is 32.4 Å². The second-order valence-corrected chi connectivity index (χ2v) is 6.82. The molecule has 1 aliphatic rings. The van der Waals surface area contributed by atoms with Gasteiger partial charge in [-0.3, -0.25) is 19.1 Å². The van der Waals surface area contributed by atoms with Crippen LogP contribution in [0.4, 0.5) is 0 Å². The van der Waals surface area contributed by atoms with E-state index in [1.54, 1.807) is 25.1 Å². The summed E-state index contributed by atoms with van der Waals surface area (Å²) in [5.41, 5.74) is -0.863. The number of ether oxygens (including phenoxy) is 2. The Kier molecular flexibility index (Phi) is 6.28. The number of amides is 1. The Labute approximate surface area is 178 Å². The van der Waals surface area contributed by atoms with Gasteiger partial charge in [0.05, 0.1) is 26.0 Å². The lowest BCUT2D eigenvalue weighted by Crippen LogP contribution is -2.33. The van der Waals surface area contributed by atoms with Crippen LogP contribution in [0, 0.1) is 0 Å². The molecule has 1 atom stereocenters. The summed E-state index contributed by atoms with van der Waals surface area (Å²) in [6, 6.07) is 4.62. The molecule has 31 heavy (non-hydrogen) atoms. The molecule has 10 nitrogen and oxygen atoms in total. The van der Waals surface area contributed by atoms with Crippen LogP contribution in [-0.4, -0.2) is 45.5 Å². The van der Waals surface area contributed by atoms with Crippen LogP contribution in [0.1, 0.15) is 36.9 Å². The van der Waals surface area contributed by atoms with Crippen molar-refractivity contribution in [3.63, 3.8) is 0 Å². The number of aromatic amines is 1. The molecule has 2 heterocycles. The fourth-order valence-corrected chi connectivity index (χ4v) is 3.51. The Bertz CT molecular complexity index is 1160. The standard InChI is InChI=1S/C21H24N4O6/c1-5-9-24-20(28)18(19(27)22-21(24)29)14-11-15(25(23-14)17(26)6-2)13-8-7-12(30-3)10-16(13)31-4/h5,7-8,10,15,28H,1,6,9,11H2,2-4H3,(H,22,27,29). The SMILES string of the molecule is C=CCn1c(O)c(C2=NN(C(=O)CC)C(c3ccc(OC)cc3OC)C2)c(=O)[nH]c1=O. The summed E-state index contributed by atoms with van der Waals surface area (Å²) in [6.07, 6.45) is 1.74. The van der Waals surface area contributed by atoms with E-state index in [0.29, 0.717) is 17.1 Å². The van der Waals surface area contributed by atoms with Gasteiger partial charge >= 0.3 is 5.69 Å². The van der Waals surface area contributed by atoms with Crippen molar-refractivity contribution in [2.24, 2.45) is 5.10 Å². The van der Waals surface area contributed by atoms with Gasteiger partial charge in [0.25, 0.3) is 5.56 Å². The molecule has 0 saturated heterocycles. The minimum absolute atomic E-state index is 0.00490. The highest BCUT2D eigenvalue weighted by Gasteiger charge is 2.36. The number of nitrogens with one attached hydrogen (secondary N) is 1. The molecular formula is C21H24N4O6. The van der Waals surface area contributed by atoms with Gasteiger partial charge in [-0.25, -0.2) is 9.80 Å². The molecule has 2 aromatic rings. The zero-order valence-electron chi connectivity index (χ0n) is 17.5. The maximum atomic E-state index is 12.6. The van der Waals surface area contributed by atoms with Crippen LogP contribution in [0.2, 0.25) is 0 Å². The van der Waals surface area contributed by atoms with E-state index < -0.39 is 23.2 Å². The summed E-state index contributed by atoms with van der Waals surface area (Å²) in [4.78, 5) is 39.4. The van der Waals surface area contributed by atoms with E-state index in [4.69, 9.17) is 9.47 Å². The number of hydrogen-bond acceptors (Lipinski definition) is 7. The molecule has 2 N–H and O–H groups in total. The normalized spacial score (nSPS) is 15.5. The first-order chi connectivity index (χ1) is 14.9. The quantitative estimate of drug-likeness (QED) is 0.644. The summed E-state index contributed by atoms with van der Waals surface area (Å²) in [5, 5.41) is 16.2. The summed E-state index contributed by atoms with van der Waals surface area (Å²) in [5.74, 6) is 0.273. The second kappa shape index (κ2) is 8.90. The first kappa shape index (κ1) is 21.9. The van der Waals surface area contributed by atoms with Gasteiger partial charge in [-0.15, -0.1) is 6.58 Å². The van der Waals surface area contributed by atoms with Crippen molar-refractivity contribution in [2.75, 3.05) is 14.2 Å². The first-order valence-corrected chi connectivity index (χ1v) is 9.65. The highest BCUT2D eigenvalue weighted by atomic mass is 16.5. The fourth-order valence-electron chi connectivity index (χ4n) is 3.51. The number of methoxy groups -OCH3 is 2. The van der Waals surface area contributed by atoms with Crippen molar-refractivity contribution in [1.82, 2.24) is 14.6 Å². The molecule has 0 fully saturated rings. The first-order valence-electron chi connectivity index (χ1n) is 9.65. The Morgan fingerprint density at radius 1 is 1.35 bits per heavy atom. The molecule has 1 aromatic heterocycles. The van der Waals surface area contributed by atoms with E-state index in [9.17, 15) is 19.5 Å². The molecule has 1 amide bonds. The van der Waals surface area contributed by atoms with Gasteiger partial charge in [-0.05, 0) is 12.1 Å². The molecule has 1 aromatic carbocycles. The van der Waals surface area contributed by atoms with Crippen molar-refractivity contribution >= 4 is 11.6 Å². The number of nitrogens with zero attached hydrogens (tertiary/aromatic N) is 3. The van der Waals surface area contributed by atoms with E-state index in [2.05, 4.69) is 16.7 Å². The molecule has 0 radical (unpaired) electrons. The van der Waals surface area contributed by atoms with Gasteiger partial charge in [0.2, 0.25) is 11.8 Å². The molecule has 0 spiro atoms. The molecule has 1 unspecified atom stereocenters. The minimum Gasteiger partial charge on any atom is -0.497 e. The predicted octanol–water partition coefficient (Wildman–Crippen LogP) is 1.53. The van der Waals surface area contributed by atoms with Crippen LogP contribution >= 0.6 is 0 Å². The molecule has 10 heteroatoms. The predicted molar refractivity (Wildman–Crippen MR) is 114 cm³/mol. The minimum atomic E-state index is -0.784. The van der Waals surface area contributed by atoms with Gasteiger partial charge < -0.3 is 14.6 Å². The van der Waals surface area contributed by atoms with Crippen molar-refractivity contribution in [3.8, 4) is 17.4 Å². The molecule has 0 bridgehead atoms. The Morgan fingerprint density at radius 3 is 2.71 bits per heavy atom. The van der Waals surface area contributed by atoms with Gasteiger partial charge in [0.1, 0.15) is 17.1 Å². The summed E-state index contributed by atoms with van der Waals surface area (Å²) < 4.78 is 11.7. The number of H-pyrrole nitrogens is 1. The topological polar surface area (TPSA) is 126 Å². The molecule has 1 aliphatic heterocycles. The number of aromatic hydroxyl groups is 1. The van der Waals surface area contributed by atoms with Crippen molar-refractivity contribution < 1.29 is 19.4 Å². The van der Waals surface area contributed by atoms with Crippen molar-refractivity contribution in [1.29, 1.82) is 0 Å². The largest absolute Gasteiger partial charge is 0.497 e. The Balaban J connectivity index is 2.13. The fraction of sp³-hybridized carbons (Fsp3) is 0.333. The molecule has 0 aliphatic carbocycles. The van der Waals surface area contributed by atoms with E-state index in [0.717, 1.165) is 4.57 Å². The maximum absolute atomic E-state index is 12.6. The molecule has 3 rings (SSSR count). The van der Waals surface area contributed by atoms with E-state index in [1.165, 1.54) is 25.3 Å². The van der Waals surface area contributed by atoms with Crippen LogP contribution < -0.4 is 20.7 Å². The van der Waals surface area contributed by atoms with Crippen LogP contribution in [0.3, 0.4) is 0 Å². The van der Waals surface area contributed by atoms with Crippen LogP contribution in [0.25, 0.3) is 0 Å². The number of rotatable bonds is 7. The lowest BCUT2D eigenvalue weighted by molar-refractivity contribution is -0.132. The highest BCUT2D eigenvalue weighted by molar-refractivity contribution is 6.04. The van der Waals surface area contributed by atoms with Gasteiger partial charge in [0, 0.05) is 31.0 Å². The summed E-state index contributed by atoms with van der Waals surface area (Å²) in [7, 11) is 3.04. The number of allylic oxidation sites excluding steroid dienone is 1. The van der Waals surface area contributed by atoms with Crippen LogP contribution in [0.15, 0.2) is 45.5 Å². The monoisotopic (exact) mass is 428 g/mol. The third-order valence-electron chi connectivity index (χ3n) is 5.04. The second-order valence-electron chi connectivity index (χ2n) is 6.82. The molecule has 0 saturated carbocycles. The zero-order chi connectivity index (χ0) is 22.7. The average Bonchev–Trinajstić information content (AvgIpc) is 3.19. The third kappa shape index (κ3) is 3.96. The number of carbonyl (C=O) groups excluding carboxylic acids is 1. The summed E-state index contributed by atoms with van der Waals surface area (Å²) >= 11 is 0. The number of benzene rings is 1. The lowest BCUT2D eigenvalue weighted by Gasteiger charge is -2.23. The number of hydrazone groups is 1. The highest BCUT2D eigenvalue weighted by Crippen LogP contribution is 2.39. The lowest BCUT2D eigenvalue weighted by atomic mass is 9.98. The smallest absolute Gasteiger partial charge is 0.331 e. The van der Waals surface area contributed by atoms with Crippen LogP contribution in [0.5, 0.6) is 17.4 Å². The van der Waals surface area contributed by atoms with Crippen molar-refractivity contribution in [3.05, 3.63) is 62.8 Å². The maximum Gasteiger partial charge on any atom is 0.331 e. The van der Waals surface area contributed by atoms with Gasteiger partial charge in [-0.1, -0.05) is 13.0 Å². The summed E-state index contributed by atoms with van der Waals surface area (Å²) in [6.45, 7) is 5.25. The van der Waals surface area contributed by atoms with Crippen LogP contribution in [-0.2, 0) is 11.3 Å².